The van der Waals surface area contributed by atoms with Crippen molar-refractivity contribution in [2.75, 3.05) is 13.7 Å². The maximum absolute atomic E-state index is 10.7. The molecule has 0 heterocycles. The van der Waals surface area contributed by atoms with Gasteiger partial charge in [-0.05, 0) is 7.05 Å². The molecule has 0 saturated heterocycles. The minimum absolute atomic E-state index is 0.0387. The van der Waals surface area contributed by atoms with Crippen molar-refractivity contribution in [3.63, 3.8) is 0 Å². The van der Waals surface area contributed by atoms with E-state index in [1.807, 2.05) is 0 Å². The first-order valence-corrected chi connectivity index (χ1v) is 3.30. The van der Waals surface area contributed by atoms with E-state index in [1.54, 1.807) is 7.05 Å². The lowest BCUT2D eigenvalue weighted by molar-refractivity contribution is -0.138. The maximum Gasteiger partial charge on any atom is 0.303 e. The second-order valence-electron chi connectivity index (χ2n) is 2.02. The molecule has 3 N–H and O–H groups in total. The van der Waals surface area contributed by atoms with Crippen molar-refractivity contribution in [3.05, 3.63) is 0 Å². The molecule has 0 unspecified atom stereocenters. The fourth-order valence-corrected chi connectivity index (χ4v) is 0.496. The number of nitrogens with one attached hydrogen (secondary N) is 2. The lowest BCUT2D eigenvalue weighted by Gasteiger charge is -2.01. The lowest BCUT2D eigenvalue weighted by Crippen LogP contribution is -2.31. The van der Waals surface area contributed by atoms with Gasteiger partial charge in [0.05, 0.1) is 13.1 Å². The van der Waals surface area contributed by atoms with E-state index in [1.165, 1.54) is 0 Å². The van der Waals surface area contributed by atoms with Crippen molar-refractivity contribution in [1.29, 1.82) is 0 Å². The number of carboxylic acid groups (broad SMARTS) is 1. The zero-order valence-corrected chi connectivity index (χ0v) is 6.39. The quantitative estimate of drug-likeness (QED) is 0.457. The first-order valence-electron chi connectivity index (χ1n) is 3.30. The van der Waals surface area contributed by atoms with Crippen molar-refractivity contribution in [1.82, 2.24) is 10.6 Å². The zero-order valence-electron chi connectivity index (χ0n) is 6.39. The van der Waals surface area contributed by atoms with Crippen molar-refractivity contribution in [3.8, 4) is 0 Å². The first kappa shape index (κ1) is 9.90. The molecule has 0 saturated carbocycles. The van der Waals surface area contributed by atoms with E-state index in [2.05, 4.69) is 10.6 Å². The predicted molar refractivity (Wildman–Crippen MR) is 38.9 cm³/mol. The van der Waals surface area contributed by atoms with Crippen LogP contribution in [-0.2, 0) is 9.59 Å². The van der Waals surface area contributed by atoms with Gasteiger partial charge in [-0.3, -0.25) is 9.59 Å². The van der Waals surface area contributed by atoms with E-state index in [0.29, 0.717) is 6.67 Å². The summed E-state index contributed by atoms with van der Waals surface area (Å²) in [5.41, 5.74) is 0. The standard InChI is InChI=1S/C6H12N2O3/c1-7-4-8-5(9)2-3-6(10)11/h7H,2-4H2,1H3,(H,8,9)(H,10,11). The summed E-state index contributed by atoms with van der Waals surface area (Å²) in [4.78, 5) is 20.7. The molecule has 0 aromatic rings. The summed E-state index contributed by atoms with van der Waals surface area (Å²) in [6.45, 7) is 0.373. The highest BCUT2D eigenvalue weighted by atomic mass is 16.4. The summed E-state index contributed by atoms with van der Waals surface area (Å²) >= 11 is 0. The average Bonchev–Trinajstić information content (AvgIpc) is 1.97. The van der Waals surface area contributed by atoms with Gasteiger partial charge in [-0.15, -0.1) is 0 Å². The SMILES string of the molecule is CNCNC(=O)CCC(=O)O. The van der Waals surface area contributed by atoms with Crippen LogP contribution in [0.15, 0.2) is 0 Å². The van der Waals surface area contributed by atoms with Crippen LogP contribution < -0.4 is 10.6 Å². The van der Waals surface area contributed by atoms with Gasteiger partial charge < -0.3 is 15.7 Å². The van der Waals surface area contributed by atoms with Crippen LogP contribution in [0.1, 0.15) is 12.8 Å². The predicted octanol–water partition coefficient (Wildman–Crippen LogP) is -0.856. The molecule has 5 heteroatoms. The van der Waals surface area contributed by atoms with Gasteiger partial charge >= 0.3 is 5.97 Å². The number of rotatable bonds is 5. The first-order chi connectivity index (χ1) is 5.16. The number of hydrogen-bond donors (Lipinski definition) is 3. The van der Waals surface area contributed by atoms with Gasteiger partial charge in [-0.1, -0.05) is 0 Å². The Morgan fingerprint density at radius 2 is 2.00 bits per heavy atom. The molecular weight excluding hydrogens is 148 g/mol. The number of hydrogen-bond acceptors (Lipinski definition) is 3. The van der Waals surface area contributed by atoms with E-state index in [-0.39, 0.29) is 18.7 Å². The van der Waals surface area contributed by atoms with Crippen LogP contribution in [0.2, 0.25) is 0 Å². The van der Waals surface area contributed by atoms with E-state index in [4.69, 9.17) is 5.11 Å². The van der Waals surface area contributed by atoms with Gasteiger partial charge in [0.1, 0.15) is 0 Å². The molecule has 0 aliphatic carbocycles. The van der Waals surface area contributed by atoms with Crippen LogP contribution >= 0.6 is 0 Å². The molecule has 0 fully saturated rings. The maximum atomic E-state index is 10.7. The summed E-state index contributed by atoms with van der Waals surface area (Å²) in [5.74, 6) is -1.20. The Kier molecular flexibility index (Phi) is 5.10. The third kappa shape index (κ3) is 6.79. The highest BCUT2D eigenvalue weighted by Crippen LogP contribution is 1.86. The molecule has 0 bridgehead atoms. The number of carboxylic acids is 1. The van der Waals surface area contributed by atoms with Crippen molar-refractivity contribution >= 4 is 11.9 Å². The number of carbonyl (C=O) groups is 2. The topological polar surface area (TPSA) is 78.4 Å². The molecule has 5 nitrogen and oxygen atoms in total. The summed E-state index contributed by atoms with van der Waals surface area (Å²) < 4.78 is 0. The Bertz CT molecular complexity index is 147. The Morgan fingerprint density at radius 1 is 1.36 bits per heavy atom. The summed E-state index contributed by atoms with van der Waals surface area (Å²) in [7, 11) is 1.69. The molecule has 64 valence electrons. The second-order valence-corrected chi connectivity index (χ2v) is 2.02. The highest BCUT2D eigenvalue weighted by molar-refractivity contribution is 5.80. The summed E-state index contributed by atoms with van der Waals surface area (Å²) in [5, 5.41) is 13.4. The smallest absolute Gasteiger partial charge is 0.303 e. The van der Waals surface area contributed by atoms with Gasteiger partial charge in [-0.25, -0.2) is 0 Å². The Hall–Kier alpha value is -1.10. The van der Waals surface area contributed by atoms with E-state index < -0.39 is 5.97 Å². The normalized spacial score (nSPS) is 9.18. The monoisotopic (exact) mass is 160 g/mol. The Balaban J connectivity index is 3.30. The average molecular weight is 160 g/mol. The molecule has 0 rings (SSSR count). The van der Waals surface area contributed by atoms with Gasteiger partial charge in [0, 0.05) is 6.42 Å². The van der Waals surface area contributed by atoms with Crippen molar-refractivity contribution in [2.24, 2.45) is 0 Å². The molecule has 0 aromatic carbocycles. The minimum atomic E-state index is -0.954. The molecule has 0 aromatic heterocycles. The van der Waals surface area contributed by atoms with Crippen molar-refractivity contribution < 1.29 is 14.7 Å². The van der Waals surface area contributed by atoms with E-state index >= 15 is 0 Å². The highest BCUT2D eigenvalue weighted by Gasteiger charge is 2.02. The molecule has 0 atom stereocenters. The van der Waals surface area contributed by atoms with Crippen molar-refractivity contribution in [2.45, 2.75) is 12.8 Å². The molecule has 0 aliphatic rings. The zero-order chi connectivity index (χ0) is 8.69. The second kappa shape index (κ2) is 5.67. The van der Waals surface area contributed by atoms with Gasteiger partial charge in [0.2, 0.25) is 5.91 Å². The van der Waals surface area contributed by atoms with Gasteiger partial charge in [-0.2, -0.15) is 0 Å². The number of amides is 1. The minimum Gasteiger partial charge on any atom is -0.481 e. The molecular formula is C6H12N2O3. The Morgan fingerprint density at radius 3 is 2.45 bits per heavy atom. The fraction of sp³-hybridized carbons (Fsp3) is 0.667. The molecule has 1 amide bonds. The summed E-state index contributed by atoms with van der Waals surface area (Å²) in [6, 6.07) is 0. The third-order valence-electron chi connectivity index (χ3n) is 1.03. The third-order valence-corrected chi connectivity index (χ3v) is 1.03. The molecule has 0 radical (unpaired) electrons. The number of carbonyl (C=O) groups excluding carboxylic acids is 1. The van der Waals surface area contributed by atoms with E-state index in [0.717, 1.165) is 0 Å². The van der Waals surface area contributed by atoms with Crippen LogP contribution in [-0.4, -0.2) is 30.7 Å². The van der Waals surface area contributed by atoms with Crippen LogP contribution in [0, 0.1) is 0 Å². The largest absolute Gasteiger partial charge is 0.481 e. The van der Waals surface area contributed by atoms with Crippen LogP contribution in [0.4, 0.5) is 0 Å². The van der Waals surface area contributed by atoms with Crippen LogP contribution in [0.25, 0.3) is 0 Å². The molecule has 0 aliphatic heterocycles. The Labute approximate surface area is 64.8 Å². The fourth-order valence-electron chi connectivity index (χ4n) is 0.496. The van der Waals surface area contributed by atoms with Crippen LogP contribution in [0.5, 0.6) is 0 Å². The lowest BCUT2D eigenvalue weighted by atomic mass is 10.3. The van der Waals surface area contributed by atoms with E-state index in [9.17, 15) is 9.59 Å². The number of aliphatic carboxylic acids is 1. The van der Waals surface area contributed by atoms with Gasteiger partial charge in [0.25, 0.3) is 0 Å². The van der Waals surface area contributed by atoms with Gasteiger partial charge in [0.15, 0.2) is 0 Å². The summed E-state index contributed by atoms with van der Waals surface area (Å²) in [6.07, 6.45) is -0.0768. The van der Waals surface area contributed by atoms with Crippen LogP contribution in [0.3, 0.4) is 0 Å². The molecule has 11 heavy (non-hydrogen) atoms. The molecule has 0 spiro atoms.